The molecule has 3 rings (SSSR count). The van der Waals surface area contributed by atoms with Crippen LogP contribution in [0, 0.1) is 5.82 Å². The number of benzene rings is 3. The number of para-hydroxylation sites is 1. The molecule has 0 atom stereocenters. The third kappa shape index (κ3) is 4.52. The predicted molar refractivity (Wildman–Crippen MR) is 110 cm³/mol. The van der Waals surface area contributed by atoms with Crippen LogP contribution in [0.15, 0.2) is 82.6 Å². The van der Waals surface area contributed by atoms with Crippen LogP contribution >= 0.6 is 11.8 Å². The molecule has 0 aromatic heterocycles. The average molecular weight is 416 g/mol. The number of carbonyl (C=O) groups excluding carboxylic acids is 1. The highest BCUT2D eigenvalue weighted by molar-refractivity contribution is 7.98. The number of hydrogen-bond acceptors (Lipinski definition) is 4. The highest BCUT2D eigenvalue weighted by Crippen LogP contribution is 2.23. The van der Waals surface area contributed by atoms with Gasteiger partial charge in [-0.3, -0.25) is 9.52 Å². The van der Waals surface area contributed by atoms with Gasteiger partial charge in [-0.15, -0.1) is 11.8 Å². The van der Waals surface area contributed by atoms with Gasteiger partial charge in [-0.05, 0) is 54.8 Å². The number of thioether (sulfide) groups is 1. The van der Waals surface area contributed by atoms with Gasteiger partial charge in [-0.25, -0.2) is 12.8 Å². The summed E-state index contributed by atoms with van der Waals surface area (Å²) in [5, 5.41) is 2.74. The minimum atomic E-state index is -3.95. The smallest absolute Gasteiger partial charge is 0.261 e. The summed E-state index contributed by atoms with van der Waals surface area (Å²) < 4.78 is 40.8. The molecule has 0 aliphatic carbocycles. The molecule has 0 saturated carbocycles. The number of anilines is 2. The molecule has 0 aliphatic heterocycles. The summed E-state index contributed by atoms with van der Waals surface area (Å²) >= 11 is 1.46. The Labute approximate surface area is 167 Å². The maximum Gasteiger partial charge on any atom is 0.261 e. The molecule has 0 heterocycles. The van der Waals surface area contributed by atoms with Crippen molar-refractivity contribution in [2.45, 2.75) is 9.79 Å². The molecule has 1 amide bonds. The lowest BCUT2D eigenvalue weighted by atomic mass is 10.2. The Hall–Kier alpha value is -2.84. The first-order valence-electron chi connectivity index (χ1n) is 8.22. The van der Waals surface area contributed by atoms with E-state index >= 15 is 0 Å². The molecule has 0 radical (unpaired) electrons. The Bertz CT molecular complexity index is 1100. The maximum atomic E-state index is 13.7. The van der Waals surface area contributed by atoms with E-state index in [0.29, 0.717) is 11.3 Å². The number of hydrogen-bond donors (Lipinski definition) is 2. The molecule has 28 heavy (non-hydrogen) atoms. The zero-order valence-electron chi connectivity index (χ0n) is 14.8. The lowest BCUT2D eigenvalue weighted by Gasteiger charge is -2.11. The van der Waals surface area contributed by atoms with Crippen molar-refractivity contribution in [1.82, 2.24) is 0 Å². The Morgan fingerprint density at radius 2 is 1.57 bits per heavy atom. The summed E-state index contributed by atoms with van der Waals surface area (Å²) in [4.78, 5) is 13.3. The Morgan fingerprint density at radius 3 is 2.25 bits per heavy atom. The Balaban J connectivity index is 1.76. The fourth-order valence-electron chi connectivity index (χ4n) is 2.50. The normalized spacial score (nSPS) is 11.1. The van der Waals surface area contributed by atoms with Crippen molar-refractivity contribution in [3.8, 4) is 0 Å². The minimum Gasteiger partial charge on any atom is -0.322 e. The van der Waals surface area contributed by atoms with Crippen LogP contribution in [0.1, 0.15) is 10.4 Å². The Kier molecular flexibility index (Phi) is 6.01. The molecule has 0 fully saturated rings. The highest BCUT2D eigenvalue weighted by Gasteiger charge is 2.17. The van der Waals surface area contributed by atoms with E-state index in [1.165, 1.54) is 60.3 Å². The van der Waals surface area contributed by atoms with Gasteiger partial charge in [0.2, 0.25) is 0 Å². The zero-order chi connectivity index (χ0) is 20.1. The summed E-state index contributed by atoms with van der Waals surface area (Å²) in [7, 11) is -3.95. The van der Waals surface area contributed by atoms with Crippen molar-refractivity contribution < 1.29 is 17.6 Å². The van der Waals surface area contributed by atoms with Crippen molar-refractivity contribution in [2.24, 2.45) is 0 Å². The predicted octanol–water partition coefficient (Wildman–Crippen LogP) is 4.60. The second kappa shape index (κ2) is 8.45. The van der Waals surface area contributed by atoms with Gasteiger partial charge in [0.15, 0.2) is 0 Å². The molecule has 8 heteroatoms. The number of sulfonamides is 1. The minimum absolute atomic E-state index is 0.0433. The van der Waals surface area contributed by atoms with Crippen LogP contribution in [0.3, 0.4) is 0 Å². The molecule has 0 aliphatic rings. The van der Waals surface area contributed by atoms with Gasteiger partial charge in [-0.2, -0.15) is 0 Å². The highest BCUT2D eigenvalue weighted by atomic mass is 32.2. The van der Waals surface area contributed by atoms with Crippen molar-refractivity contribution in [3.63, 3.8) is 0 Å². The number of nitrogens with one attached hydrogen (secondary N) is 2. The van der Waals surface area contributed by atoms with E-state index < -0.39 is 15.8 Å². The molecule has 2 N–H and O–H groups in total. The summed E-state index contributed by atoms with van der Waals surface area (Å²) in [5.41, 5.74) is 0.854. The second-order valence-electron chi connectivity index (χ2n) is 5.76. The molecule has 0 saturated heterocycles. The van der Waals surface area contributed by atoms with Crippen molar-refractivity contribution >= 4 is 39.1 Å². The van der Waals surface area contributed by atoms with Crippen molar-refractivity contribution in [3.05, 3.63) is 84.2 Å². The largest absolute Gasteiger partial charge is 0.322 e. The SMILES string of the molecule is CSc1ccccc1C(=O)Nc1ccc(S(=O)(=O)Nc2ccccc2F)cc1. The van der Waals surface area contributed by atoms with Crippen LogP contribution in [-0.2, 0) is 10.0 Å². The van der Waals surface area contributed by atoms with Gasteiger partial charge in [0.05, 0.1) is 16.1 Å². The van der Waals surface area contributed by atoms with E-state index in [9.17, 15) is 17.6 Å². The first-order chi connectivity index (χ1) is 13.4. The van der Waals surface area contributed by atoms with Crippen LogP contribution in [0.2, 0.25) is 0 Å². The van der Waals surface area contributed by atoms with Gasteiger partial charge in [-0.1, -0.05) is 24.3 Å². The van der Waals surface area contributed by atoms with Crippen LogP contribution in [0.25, 0.3) is 0 Å². The average Bonchev–Trinajstić information content (AvgIpc) is 2.70. The van der Waals surface area contributed by atoms with Crippen molar-refractivity contribution in [1.29, 1.82) is 0 Å². The molecule has 5 nitrogen and oxygen atoms in total. The standard InChI is InChI=1S/C20H17FN2O3S2/c1-27-19-9-5-2-6-16(19)20(24)22-14-10-12-15(13-11-14)28(25,26)23-18-8-4-3-7-17(18)21/h2-13,23H,1H3,(H,22,24). The van der Waals surface area contributed by atoms with Crippen molar-refractivity contribution in [2.75, 3.05) is 16.3 Å². The third-order valence-corrected chi connectivity index (χ3v) is 6.07. The molecule has 0 spiro atoms. The maximum absolute atomic E-state index is 13.7. The Morgan fingerprint density at radius 1 is 0.929 bits per heavy atom. The quantitative estimate of drug-likeness (QED) is 0.576. The summed E-state index contributed by atoms with van der Waals surface area (Å²) in [6, 6.07) is 18.4. The molecule has 0 bridgehead atoms. The summed E-state index contributed by atoms with van der Waals surface area (Å²) in [6.07, 6.45) is 1.88. The first kappa shape index (κ1) is 19.9. The molecular formula is C20H17FN2O3S2. The van der Waals surface area contributed by atoms with E-state index in [1.54, 1.807) is 12.1 Å². The molecule has 0 unspecified atom stereocenters. The van der Waals surface area contributed by atoms with Gasteiger partial charge in [0.1, 0.15) is 5.82 Å². The second-order valence-corrected chi connectivity index (χ2v) is 8.29. The molecular weight excluding hydrogens is 399 g/mol. The first-order valence-corrected chi connectivity index (χ1v) is 10.9. The molecule has 3 aromatic rings. The summed E-state index contributed by atoms with van der Waals surface area (Å²) in [6.45, 7) is 0. The monoisotopic (exact) mass is 416 g/mol. The van der Waals surface area contributed by atoms with E-state index in [4.69, 9.17) is 0 Å². The zero-order valence-corrected chi connectivity index (χ0v) is 16.5. The summed E-state index contributed by atoms with van der Waals surface area (Å²) in [5.74, 6) is -0.951. The van der Waals surface area contributed by atoms with E-state index in [1.807, 2.05) is 18.4 Å². The number of halogens is 1. The number of amides is 1. The van der Waals surface area contributed by atoms with Gasteiger partial charge in [0, 0.05) is 10.6 Å². The van der Waals surface area contributed by atoms with Crippen LogP contribution in [-0.4, -0.2) is 20.6 Å². The topological polar surface area (TPSA) is 75.3 Å². The third-order valence-electron chi connectivity index (χ3n) is 3.89. The van der Waals surface area contributed by atoms with E-state index in [0.717, 1.165) is 4.90 Å². The molecule has 144 valence electrons. The lowest BCUT2D eigenvalue weighted by Crippen LogP contribution is -2.15. The fourth-order valence-corrected chi connectivity index (χ4v) is 4.16. The van der Waals surface area contributed by atoms with Crippen LogP contribution in [0.4, 0.5) is 15.8 Å². The van der Waals surface area contributed by atoms with Crippen LogP contribution in [0.5, 0.6) is 0 Å². The lowest BCUT2D eigenvalue weighted by molar-refractivity contribution is 0.102. The number of carbonyl (C=O) groups is 1. The van der Waals surface area contributed by atoms with Crippen LogP contribution < -0.4 is 10.0 Å². The van der Waals surface area contributed by atoms with E-state index in [2.05, 4.69) is 10.0 Å². The molecule has 3 aromatic carbocycles. The van der Waals surface area contributed by atoms with Gasteiger partial charge < -0.3 is 5.32 Å². The van der Waals surface area contributed by atoms with Gasteiger partial charge in [0.25, 0.3) is 15.9 Å². The number of rotatable bonds is 6. The van der Waals surface area contributed by atoms with E-state index in [-0.39, 0.29) is 16.5 Å². The van der Waals surface area contributed by atoms with Gasteiger partial charge >= 0.3 is 0 Å². The fraction of sp³-hybridized carbons (Fsp3) is 0.0500.